The van der Waals surface area contributed by atoms with Crippen LogP contribution in [-0.2, 0) is 9.47 Å². The number of ether oxygens (including phenoxy) is 2. The Hall–Kier alpha value is -1.36. The quantitative estimate of drug-likeness (QED) is 0.793. The molecule has 104 valence electrons. The average Bonchev–Trinajstić information content (AvgIpc) is 2.26. The maximum atomic E-state index is 12.0. The third kappa shape index (κ3) is 4.67. The Bertz CT molecular complexity index is 480. The molecule has 4 nitrogen and oxygen atoms in total. The molecule has 0 heterocycles. The van der Waals surface area contributed by atoms with Crippen molar-refractivity contribution in [3.63, 3.8) is 0 Å². The van der Waals surface area contributed by atoms with Crippen LogP contribution in [0, 0.1) is 0 Å². The molecule has 0 saturated carbocycles. The van der Waals surface area contributed by atoms with Crippen LogP contribution in [0.3, 0.4) is 0 Å². The highest BCUT2D eigenvalue weighted by Gasteiger charge is 2.21. The first-order valence-electron chi connectivity index (χ1n) is 6.02. The maximum Gasteiger partial charge on any atom is 0.339 e. The third-order valence-corrected chi connectivity index (χ3v) is 2.60. The Balaban J connectivity index is 3.11. The minimum atomic E-state index is -0.535. The van der Waals surface area contributed by atoms with E-state index in [1.54, 1.807) is 45.9 Å². The van der Waals surface area contributed by atoms with E-state index in [1.165, 1.54) is 0 Å². The maximum absolute atomic E-state index is 12.0. The number of rotatable bonds is 4. The molecule has 0 fully saturated rings. The number of hydrogen-bond acceptors (Lipinski definition) is 4. The van der Waals surface area contributed by atoms with Gasteiger partial charge in [-0.25, -0.2) is 9.59 Å². The molecular weight excluding hydrogens is 312 g/mol. The monoisotopic (exact) mass is 328 g/mol. The van der Waals surface area contributed by atoms with Crippen LogP contribution in [-0.4, -0.2) is 24.1 Å². The molecule has 0 saturated heterocycles. The van der Waals surface area contributed by atoms with Gasteiger partial charge in [0, 0.05) is 4.47 Å². The highest BCUT2D eigenvalue weighted by molar-refractivity contribution is 9.10. The first kappa shape index (κ1) is 15.7. The van der Waals surface area contributed by atoms with Gasteiger partial charge in [0.05, 0.1) is 23.3 Å². The highest BCUT2D eigenvalue weighted by atomic mass is 79.9. The lowest BCUT2D eigenvalue weighted by atomic mass is 10.1. The first-order chi connectivity index (χ1) is 8.81. The zero-order valence-corrected chi connectivity index (χ0v) is 13.0. The molecule has 19 heavy (non-hydrogen) atoms. The Morgan fingerprint density at radius 3 is 1.89 bits per heavy atom. The molecule has 0 aliphatic carbocycles. The Labute approximate surface area is 121 Å². The minimum Gasteiger partial charge on any atom is -0.459 e. The number of esters is 2. The summed E-state index contributed by atoms with van der Waals surface area (Å²) in [6, 6.07) is 4.79. The van der Waals surface area contributed by atoms with E-state index in [0.717, 1.165) is 0 Å². The van der Waals surface area contributed by atoms with Crippen LogP contribution in [0.2, 0.25) is 0 Å². The van der Waals surface area contributed by atoms with E-state index in [4.69, 9.17) is 9.47 Å². The summed E-state index contributed by atoms with van der Waals surface area (Å²) in [5, 5.41) is 0. The summed E-state index contributed by atoms with van der Waals surface area (Å²) < 4.78 is 10.9. The van der Waals surface area contributed by atoms with Crippen LogP contribution in [0.5, 0.6) is 0 Å². The van der Waals surface area contributed by atoms with Crippen molar-refractivity contribution in [3.8, 4) is 0 Å². The molecule has 0 aromatic heterocycles. The molecule has 0 radical (unpaired) electrons. The van der Waals surface area contributed by atoms with Gasteiger partial charge in [-0.05, 0) is 45.9 Å². The Morgan fingerprint density at radius 2 is 1.42 bits per heavy atom. The smallest absolute Gasteiger partial charge is 0.339 e. The van der Waals surface area contributed by atoms with E-state index in [1.807, 2.05) is 0 Å². The molecule has 0 aliphatic heterocycles. The fraction of sp³-hybridized carbons (Fsp3) is 0.429. The van der Waals surface area contributed by atoms with Crippen molar-refractivity contribution in [2.24, 2.45) is 0 Å². The number of hydrogen-bond donors (Lipinski definition) is 0. The summed E-state index contributed by atoms with van der Waals surface area (Å²) in [6.07, 6.45) is -0.495. The van der Waals surface area contributed by atoms with Crippen LogP contribution < -0.4 is 0 Å². The predicted molar refractivity (Wildman–Crippen MR) is 75.2 cm³/mol. The van der Waals surface area contributed by atoms with Gasteiger partial charge in [0.1, 0.15) is 0 Å². The summed E-state index contributed by atoms with van der Waals surface area (Å²) in [7, 11) is 0. The minimum absolute atomic E-state index is 0.203. The second kappa shape index (κ2) is 6.70. The van der Waals surface area contributed by atoms with Gasteiger partial charge in [-0.3, -0.25) is 0 Å². The molecule has 0 spiro atoms. The number of carbonyl (C=O) groups excluding carboxylic acids is 2. The lowest BCUT2D eigenvalue weighted by Gasteiger charge is -2.13. The molecule has 0 unspecified atom stereocenters. The normalized spacial score (nSPS) is 10.7. The van der Waals surface area contributed by atoms with Gasteiger partial charge < -0.3 is 9.47 Å². The Morgan fingerprint density at radius 1 is 0.947 bits per heavy atom. The molecule has 0 bridgehead atoms. The molecule has 0 amide bonds. The van der Waals surface area contributed by atoms with Crippen LogP contribution in [0.25, 0.3) is 0 Å². The standard InChI is InChI=1S/C14H17BrO4/c1-8(2)18-13(16)11-6-5-10(15)7-12(11)14(17)19-9(3)4/h5-9H,1-4H3. The van der Waals surface area contributed by atoms with E-state index >= 15 is 0 Å². The largest absolute Gasteiger partial charge is 0.459 e. The number of halogens is 1. The Kier molecular flexibility index (Phi) is 5.54. The van der Waals surface area contributed by atoms with Crippen LogP contribution in [0.1, 0.15) is 48.4 Å². The lowest BCUT2D eigenvalue weighted by molar-refractivity contribution is 0.0328. The van der Waals surface area contributed by atoms with Gasteiger partial charge >= 0.3 is 11.9 Å². The van der Waals surface area contributed by atoms with E-state index in [9.17, 15) is 9.59 Å². The van der Waals surface area contributed by atoms with E-state index < -0.39 is 11.9 Å². The molecule has 1 aromatic carbocycles. The summed E-state index contributed by atoms with van der Waals surface area (Å²) >= 11 is 3.27. The number of benzene rings is 1. The molecule has 0 N–H and O–H groups in total. The van der Waals surface area contributed by atoms with Crippen LogP contribution in [0.4, 0.5) is 0 Å². The topological polar surface area (TPSA) is 52.6 Å². The lowest BCUT2D eigenvalue weighted by Crippen LogP contribution is -2.18. The SMILES string of the molecule is CC(C)OC(=O)c1ccc(Br)cc1C(=O)OC(C)C. The van der Waals surface area contributed by atoms with Crippen molar-refractivity contribution < 1.29 is 19.1 Å². The van der Waals surface area contributed by atoms with Crippen molar-refractivity contribution in [1.82, 2.24) is 0 Å². The van der Waals surface area contributed by atoms with E-state index in [0.29, 0.717) is 4.47 Å². The van der Waals surface area contributed by atoms with Gasteiger partial charge in [0.2, 0.25) is 0 Å². The summed E-state index contributed by atoms with van der Waals surface area (Å²) in [4.78, 5) is 23.9. The fourth-order valence-corrected chi connectivity index (χ4v) is 1.78. The zero-order chi connectivity index (χ0) is 14.6. The van der Waals surface area contributed by atoms with E-state index in [2.05, 4.69) is 15.9 Å². The van der Waals surface area contributed by atoms with Crippen molar-refractivity contribution in [1.29, 1.82) is 0 Å². The van der Waals surface area contributed by atoms with Crippen molar-refractivity contribution in [2.75, 3.05) is 0 Å². The molecule has 1 aromatic rings. The van der Waals surface area contributed by atoms with Gasteiger partial charge in [0.25, 0.3) is 0 Å². The third-order valence-electron chi connectivity index (χ3n) is 2.11. The van der Waals surface area contributed by atoms with Crippen molar-refractivity contribution in [3.05, 3.63) is 33.8 Å². The molecule has 0 aliphatic rings. The highest BCUT2D eigenvalue weighted by Crippen LogP contribution is 2.19. The first-order valence-corrected chi connectivity index (χ1v) is 6.82. The van der Waals surface area contributed by atoms with Gasteiger partial charge in [-0.1, -0.05) is 15.9 Å². The van der Waals surface area contributed by atoms with Gasteiger partial charge in [-0.2, -0.15) is 0 Å². The van der Waals surface area contributed by atoms with E-state index in [-0.39, 0.29) is 23.3 Å². The van der Waals surface area contributed by atoms with Crippen molar-refractivity contribution >= 4 is 27.9 Å². The number of carbonyl (C=O) groups is 2. The second-order valence-electron chi connectivity index (χ2n) is 4.60. The molecular formula is C14H17BrO4. The average molecular weight is 329 g/mol. The predicted octanol–water partition coefficient (Wildman–Crippen LogP) is 3.58. The summed E-state index contributed by atoms with van der Waals surface area (Å²) in [6.45, 7) is 7.01. The van der Waals surface area contributed by atoms with Crippen LogP contribution >= 0.6 is 15.9 Å². The molecule has 1 rings (SSSR count). The molecule has 5 heteroatoms. The van der Waals surface area contributed by atoms with Crippen LogP contribution in [0.15, 0.2) is 22.7 Å². The van der Waals surface area contributed by atoms with Gasteiger partial charge in [-0.15, -0.1) is 0 Å². The summed E-state index contributed by atoms with van der Waals surface area (Å²) in [5.74, 6) is -1.06. The molecule has 0 atom stereocenters. The van der Waals surface area contributed by atoms with Gasteiger partial charge in [0.15, 0.2) is 0 Å². The van der Waals surface area contributed by atoms with Crippen molar-refractivity contribution in [2.45, 2.75) is 39.9 Å². The zero-order valence-electron chi connectivity index (χ0n) is 11.4. The second-order valence-corrected chi connectivity index (χ2v) is 5.51. The summed E-state index contributed by atoms with van der Waals surface area (Å²) in [5.41, 5.74) is 0.413. The fourth-order valence-electron chi connectivity index (χ4n) is 1.42.